The molecule has 0 spiro atoms. The Morgan fingerprint density at radius 2 is 1.71 bits per heavy atom. The first-order valence-corrected chi connectivity index (χ1v) is 4.89. The Labute approximate surface area is 96.9 Å². The van der Waals surface area contributed by atoms with E-state index >= 15 is 0 Å². The molecule has 0 fully saturated rings. The van der Waals surface area contributed by atoms with Crippen molar-refractivity contribution in [2.45, 2.75) is 0 Å². The van der Waals surface area contributed by atoms with Gasteiger partial charge in [0.1, 0.15) is 5.69 Å². The second kappa shape index (κ2) is 4.52. The Balaban J connectivity index is 2.40. The summed E-state index contributed by atoms with van der Waals surface area (Å²) in [5.41, 5.74) is 0.730. The number of nitro groups is 1. The van der Waals surface area contributed by atoms with Crippen LogP contribution in [0.1, 0.15) is 0 Å². The number of nitrogens with zero attached hydrogens (tertiary/aromatic N) is 2. The molecule has 1 aliphatic rings. The van der Waals surface area contributed by atoms with Gasteiger partial charge < -0.3 is 0 Å². The van der Waals surface area contributed by atoms with Gasteiger partial charge >= 0.3 is 0 Å². The fourth-order valence-electron chi connectivity index (χ4n) is 1.37. The Bertz CT molecular complexity index is 553. The number of rotatable bonds is 2. The standard InChI is InChI=1S/C12H8N2O3/c15-10-7-5-9(6-8-10)13-11-3-1-2-4-12(11)14(16)17/h1-8H. The molecule has 1 aromatic rings. The summed E-state index contributed by atoms with van der Waals surface area (Å²) >= 11 is 0. The van der Waals surface area contributed by atoms with Crippen LogP contribution >= 0.6 is 0 Å². The SMILES string of the molecule is O=C1C=CC(=Nc2ccccc2[N+](=O)[O-])C=C1. The highest BCUT2D eigenvalue weighted by Gasteiger charge is 2.11. The van der Waals surface area contributed by atoms with Crippen molar-refractivity contribution in [3.8, 4) is 0 Å². The molecule has 0 bridgehead atoms. The zero-order chi connectivity index (χ0) is 12.3. The summed E-state index contributed by atoms with van der Waals surface area (Å²) in [4.78, 5) is 25.3. The van der Waals surface area contributed by atoms with E-state index in [1.165, 1.54) is 30.4 Å². The first-order valence-electron chi connectivity index (χ1n) is 4.89. The highest BCUT2D eigenvalue weighted by atomic mass is 16.6. The van der Waals surface area contributed by atoms with Gasteiger partial charge in [0.05, 0.1) is 10.6 Å². The summed E-state index contributed by atoms with van der Waals surface area (Å²) in [5, 5.41) is 10.8. The van der Waals surface area contributed by atoms with Gasteiger partial charge in [-0.2, -0.15) is 0 Å². The molecule has 0 aromatic heterocycles. The van der Waals surface area contributed by atoms with Crippen molar-refractivity contribution >= 4 is 22.9 Å². The number of hydrogen-bond donors (Lipinski definition) is 0. The van der Waals surface area contributed by atoms with Gasteiger partial charge in [0, 0.05) is 6.07 Å². The number of nitro benzene ring substituents is 1. The van der Waals surface area contributed by atoms with Crippen molar-refractivity contribution in [2.24, 2.45) is 4.99 Å². The third kappa shape index (κ3) is 2.52. The summed E-state index contributed by atoms with van der Waals surface area (Å²) in [5.74, 6) is -0.119. The van der Waals surface area contributed by atoms with Crippen LogP contribution in [0.3, 0.4) is 0 Å². The molecule has 1 aromatic carbocycles. The summed E-state index contributed by atoms with van der Waals surface area (Å²) in [7, 11) is 0. The number of allylic oxidation sites excluding steroid dienone is 4. The maximum Gasteiger partial charge on any atom is 0.294 e. The van der Waals surface area contributed by atoms with E-state index in [9.17, 15) is 14.9 Å². The average molecular weight is 228 g/mol. The minimum Gasteiger partial charge on any atom is -0.290 e. The Morgan fingerprint density at radius 3 is 2.35 bits per heavy atom. The van der Waals surface area contributed by atoms with Crippen molar-refractivity contribution in [3.05, 3.63) is 58.7 Å². The summed E-state index contributed by atoms with van der Waals surface area (Å²) < 4.78 is 0. The molecular weight excluding hydrogens is 220 g/mol. The fraction of sp³-hybridized carbons (Fsp3) is 0. The third-order valence-corrected chi connectivity index (χ3v) is 2.16. The Kier molecular flexibility index (Phi) is 2.91. The molecule has 84 valence electrons. The molecule has 17 heavy (non-hydrogen) atoms. The molecule has 0 amide bonds. The summed E-state index contributed by atoms with van der Waals surface area (Å²) in [6.07, 6.45) is 5.79. The molecular formula is C12H8N2O3. The summed E-state index contributed by atoms with van der Waals surface area (Å²) in [6.45, 7) is 0. The largest absolute Gasteiger partial charge is 0.294 e. The first kappa shape index (κ1) is 10.9. The monoisotopic (exact) mass is 228 g/mol. The first-order chi connectivity index (χ1) is 8.16. The second-order valence-electron chi connectivity index (χ2n) is 3.35. The molecule has 0 heterocycles. The van der Waals surface area contributed by atoms with Gasteiger partial charge in [-0.3, -0.25) is 14.9 Å². The molecule has 0 aliphatic heterocycles. The maximum absolute atomic E-state index is 10.9. The van der Waals surface area contributed by atoms with Crippen LogP contribution in [0, 0.1) is 10.1 Å². The number of benzene rings is 1. The summed E-state index contributed by atoms with van der Waals surface area (Å²) in [6, 6.07) is 6.20. The van der Waals surface area contributed by atoms with E-state index in [1.807, 2.05) is 0 Å². The normalized spacial score (nSPS) is 13.9. The lowest BCUT2D eigenvalue weighted by Gasteiger charge is -2.00. The quantitative estimate of drug-likeness (QED) is 0.443. The van der Waals surface area contributed by atoms with Crippen LogP contribution < -0.4 is 0 Å². The van der Waals surface area contributed by atoms with E-state index in [-0.39, 0.29) is 17.2 Å². The van der Waals surface area contributed by atoms with Gasteiger partial charge in [0.2, 0.25) is 0 Å². The van der Waals surface area contributed by atoms with Crippen LogP contribution in [-0.4, -0.2) is 16.4 Å². The van der Waals surface area contributed by atoms with Crippen molar-refractivity contribution in [2.75, 3.05) is 0 Å². The van der Waals surface area contributed by atoms with E-state index in [1.54, 1.807) is 18.2 Å². The van der Waals surface area contributed by atoms with Gasteiger partial charge in [0.25, 0.3) is 5.69 Å². The number of para-hydroxylation sites is 2. The van der Waals surface area contributed by atoms with Crippen LogP contribution in [0.5, 0.6) is 0 Å². The molecule has 0 atom stereocenters. The van der Waals surface area contributed by atoms with Gasteiger partial charge in [-0.15, -0.1) is 0 Å². The third-order valence-electron chi connectivity index (χ3n) is 2.16. The maximum atomic E-state index is 10.9. The lowest BCUT2D eigenvalue weighted by Crippen LogP contribution is -1.99. The molecule has 1 aliphatic carbocycles. The van der Waals surface area contributed by atoms with E-state index in [0.717, 1.165) is 0 Å². The Morgan fingerprint density at radius 1 is 1.06 bits per heavy atom. The van der Waals surface area contributed by atoms with Gasteiger partial charge in [-0.1, -0.05) is 12.1 Å². The van der Waals surface area contributed by atoms with E-state index < -0.39 is 4.92 Å². The molecule has 0 radical (unpaired) electrons. The highest BCUT2D eigenvalue weighted by Crippen LogP contribution is 2.26. The van der Waals surface area contributed by atoms with Crippen molar-refractivity contribution in [3.63, 3.8) is 0 Å². The van der Waals surface area contributed by atoms with Gasteiger partial charge in [0.15, 0.2) is 5.78 Å². The van der Waals surface area contributed by atoms with Crippen LogP contribution in [0.15, 0.2) is 53.6 Å². The van der Waals surface area contributed by atoms with Crippen molar-refractivity contribution < 1.29 is 9.72 Å². The van der Waals surface area contributed by atoms with Crippen LogP contribution in [0.2, 0.25) is 0 Å². The van der Waals surface area contributed by atoms with Crippen LogP contribution in [0.25, 0.3) is 0 Å². The van der Waals surface area contributed by atoms with Gasteiger partial charge in [-0.25, -0.2) is 4.99 Å². The average Bonchev–Trinajstić information content (AvgIpc) is 2.32. The number of carbonyl (C=O) groups is 1. The molecule has 5 nitrogen and oxygen atoms in total. The minimum atomic E-state index is -0.485. The van der Waals surface area contributed by atoms with Crippen LogP contribution in [0.4, 0.5) is 11.4 Å². The number of hydrogen-bond acceptors (Lipinski definition) is 4. The second-order valence-corrected chi connectivity index (χ2v) is 3.35. The van der Waals surface area contributed by atoms with Crippen molar-refractivity contribution in [1.29, 1.82) is 0 Å². The lowest BCUT2D eigenvalue weighted by atomic mass is 10.1. The zero-order valence-corrected chi connectivity index (χ0v) is 8.74. The van der Waals surface area contributed by atoms with Crippen LogP contribution in [-0.2, 0) is 4.79 Å². The van der Waals surface area contributed by atoms with E-state index in [0.29, 0.717) is 5.71 Å². The molecule has 5 heteroatoms. The van der Waals surface area contributed by atoms with E-state index in [4.69, 9.17) is 0 Å². The Hall–Kier alpha value is -2.56. The number of aliphatic imine (C=N–C) groups is 1. The topological polar surface area (TPSA) is 72.6 Å². The smallest absolute Gasteiger partial charge is 0.290 e. The predicted molar refractivity (Wildman–Crippen MR) is 63.5 cm³/mol. The van der Waals surface area contributed by atoms with E-state index in [2.05, 4.69) is 4.99 Å². The zero-order valence-electron chi connectivity index (χ0n) is 8.74. The number of carbonyl (C=O) groups excluding carboxylic acids is 1. The van der Waals surface area contributed by atoms with Gasteiger partial charge in [-0.05, 0) is 30.4 Å². The number of ketones is 1. The lowest BCUT2D eigenvalue weighted by molar-refractivity contribution is -0.384. The predicted octanol–water partition coefficient (Wildman–Crippen LogP) is 2.36. The molecule has 0 unspecified atom stereocenters. The minimum absolute atomic E-state index is 0.0568. The highest BCUT2D eigenvalue weighted by molar-refractivity contribution is 6.17. The molecule has 0 N–H and O–H groups in total. The molecule has 0 saturated carbocycles. The fourth-order valence-corrected chi connectivity index (χ4v) is 1.37. The van der Waals surface area contributed by atoms with Crippen molar-refractivity contribution in [1.82, 2.24) is 0 Å². The molecule has 0 saturated heterocycles. The molecule has 2 rings (SSSR count).